The van der Waals surface area contributed by atoms with E-state index in [4.69, 9.17) is 15.9 Å². The first-order valence-electron chi connectivity index (χ1n) is 7.23. The van der Waals surface area contributed by atoms with Crippen molar-refractivity contribution in [3.8, 4) is 5.75 Å². The van der Waals surface area contributed by atoms with Crippen molar-refractivity contribution < 1.29 is 4.74 Å². The first-order chi connectivity index (χ1) is 9.60. The Kier molecular flexibility index (Phi) is 5.35. The van der Waals surface area contributed by atoms with Gasteiger partial charge >= 0.3 is 0 Å². The Hall–Kier alpha value is -1.16. The smallest absolute Gasteiger partial charge is 0.129 e. The molecule has 0 saturated heterocycles. The molecule has 1 aliphatic rings. The Bertz CT molecular complexity index is 476. The minimum absolute atomic E-state index is 0.0694. The quantitative estimate of drug-likeness (QED) is 0.641. The lowest BCUT2D eigenvalue weighted by molar-refractivity contribution is 0.394. The summed E-state index contributed by atoms with van der Waals surface area (Å²) < 4.78 is 5.24. The Labute approximate surface area is 125 Å². The van der Waals surface area contributed by atoms with Crippen LogP contribution in [0.4, 0.5) is 0 Å². The molecular formula is C16H24N2OS. The zero-order valence-corrected chi connectivity index (χ0v) is 13.1. The second-order valence-electron chi connectivity index (χ2n) is 5.65. The summed E-state index contributed by atoms with van der Waals surface area (Å²) in [6.45, 7) is 2.36. The molecule has 2 atom stereocenters. The average Bonchev–Trinajstić information content (AvgIpc) is 2.45. The summed E-state index contributed by atoms with van der Waals surface area (Å²) in [4.78, 5) is 0. The van der Waals surface area contributed by atoms with Crippen molar-refractivity contribution in [3.63, 3.8) is 0 Å². The summed E-state index contributed by atoms with van der Waals surface area (Å²) in [6.07, 6.45) is 5.42. The van der Waals surface area contributed by atoms with Gasteiger partial charge in [-0.2, -0.15) is 11.8 Å². The number of methoxy groups -OCH3 is 1. The normalized spacial score (nSPS) is 22.5. The fourth-order valence-electron chi connectivity index (χ4n) is 2.80. The third-order valence-corrected chi connectivity index (χ3v) is 5.33. The van der Waals surface area contributed by atoms with E-state index in [1.807, 2.05) is 23.9 Å². The van der Waals surface area contributed by atoms with Crippen LogP contribution in [-0.4, -0.2) is 18.2 Å². The summed E-state index contributed by atoms with van der Waals surface area (Å²) in [5.41, 5.74) is 7.53. The van der Waals surface area contributed by atoms with Crippen molar-refractivity contribution in [1.29, 1.82) is 5.41 Å². The lowest BCUT2D eigenvalue weighted by Gasteiger charge is -2.26. The minimum Gasteiger partial charge on any atom is -0.496 e. The van der Waals surface area contributed by atoms with Crippen molar-refractivity contribution in [2.75, 3.05) is 7.11 Å². The number of hydrogen-bond acceptors (Lipinski definition) is 3. The van der Waals surface area contributed by atoms with Crippen molar-refractivity contribution in [2.45, 2.75) is 43.6 Å². The van der Waals surface area contributed by atoms with Crippen molar-refractivity contribution in [2.24, 2.45) is 11.7 Å². The maximum atomic E-state index is 7.62. The van der Waals surface area contributed by atoms with E-state index >= 15 is 0 Å². The number of benzene rings is 1. The molecule has 0 aromatic heterocycles. The van der Waals surface area contributed by atoms with Crippen molar-refractivity contribution in [3.05, 3.63) is 29.3 Å². The van der Waals surface area contributed by atoms with Crippen LogP contribution in [0, 0.1) is 11.3 Å². The Morgan fingerprint density at radius 3 is 2.90 bits per heavy atom. The molecule has 3 N–H and O–H groups in total. The third-order valence-electron chi connectivity index (χ3n) is 3.93. The molecule has 110 valence electrons. The maximum absolute atomic E-state index is 7.62. The first kappa shape index (κ1) is 15.2. The highest BCUT2D eigenvalue weighted by molar-refractivity contribution is 7.99. The molecule has 1 fully saturated rings. The Morgan fingerprint density at radius 2 is 2.25 bits per heavy atom. The predicted octanol–water partition coefficient (Wildman–Crippen LogP) is 3.79. The number of rotatable bonds is 5. The van der Waals surface area contributed by atoms with Gasteiger partial charge in [0.1, 0.15) is 11.6 Å². The van der Waals surface area contributed by atoms with Crippen LogP contribution in [-0.2, 0) is 5.75 Å². The van der Waals surface area contributed by atoms with E-state index in [0.717, 1.165) is 16.9 Å². The van der Waals surface area contributed by atoms with E-state index in [2.05, 4.69) is 13.0 Å². The van der Waals surface area contributed by atoms with Crippen LogP contribution >= 0.6 is 11.8 Å². The molecule has 0 radical (unpaired) electrons. The number of nitrogens with one attached hydrogen (secondary N) is 1. The van der Waals surface area contributed by atoms with E-state index < -0.39 is 0 Å². The molecule has 1 aromatic rings. The zero-order valence-electron chi connectivity index (χ0n) is 12.3. The molecule has 0 spiro atoms. The predicted molar refractivity (Wildman–Crippen MR) is 86.7 cm³/mol. The summed E-state index contributed by atoms with van der Waals surface area (Å²) in [6, 6.07) is 5.97. The van der Waals surface area contributed by atoms with Crippen LogP contribution in [0.15, 0.2) is 18.2 Å². The fourth-order valence-corrected chi connectivity index (χ4v) is 4.20. The van der Waals surface area contributed by atoms with Gasteiger partial charge in [0, 0.05) is 11.0 Å². The van der Waals surface area contributed by atoms with E-state index in [0.29, 0.717) is 11.3 Å². The van der Waals surface area contributed by atoms with Crippen LogP contribution in [0.3, 0.4) is 0 Å². The lowest BCUT2D eigenvalue weighted by atomic mass is 9.91. The molecule has 2 unspecified atom stereocenters. The average molecular weight is 292 g/mol. The molecule has 1 saturated carbocycles. The van der Waals surface area contributed by atoms with E-state index in [9.17, 15) is 0 Å². The van der Waals surface area contributed by atoms with Gasteiger partial charge in [-0.3, -0.25) is 5.41 Å². The molecule has 0 amide bonds. The molecule has 3 nitrogen and oxygen atoms in total. The molecule has 0 bridgehead atoms. The number of ether oxygens (including phenoxy) is 1. The Balaban J connectivity index is 1.99. The van der Waals surface area contributed by atoms with E-state index in [1.165, 1.54) is 31.2 Å². The van der Waals surface area contributed by atoms with Crippen LogP contribution < -0.4 is 10.5 Å². The number of thioether (sulfide) groups is 1. The zero-order chi connectivity index (χ0) is 14.5. The largest absolute Gasteiger partial charge is 0.496 e. The highest BCUT2D eigenvalue weighted by atomic mass is 32.2. The van der Waals surface area contributed by atoms with Gasteiger partial charge in [0.15, 0.2) is 0 Å². The molecule has 0 heterocycles. The third kappa shape index (κ3) is 3.92. The van der Waals surface area contributed by atoms with Crippen LogP contribution in [0.5, 0.6) is 5.75 Å². The molecule has 2 rings (SSSR count). The number of nitrogen functional groups attached to an aromatic ring is 1. The summed E-state index contributed by atoms with van der Waals surface area (Å²) in [5, 5.41) is 8.40. The van der Waals surface area contributed by atoms with Gasteiger partial charge in [0.05, 0.1) is 12.7 Å². The fraction of sp³-hybridized carbons (Fsp3) is 0.562. The van der Waals surface area contributed by atoms with E-state index in [1.54, 1.807) is 7.11 Å². The monoisotopic (exact) mass is 292 g/mol. The molecular weight excluding hydrogens is 268 g/mol. The molecule has 0 aliphatic heterocycles. The maximum Gasteiger partial charge on any atom is 0.129 e. The number of nitrogens with two attached hydrogens (primary N) is 1. The van der Waals surface area contributed by atoms with Crippen molar-refractivity contribution in [1.82, 2.24) is 0 Å². The van der Waals surface area contributed by atoms with E-state index in [-0.39, 0.29) is 5.84 Å². The molecule has 20 heavy (non-hydrogen) atoms. The summed E-state index contributed by atoms with van der Waals surface area (Å²) in [5.74, 6) is 2.60. The van der Waals surface area contributed by atoms with Gasteiger partial charge in [-0.1, -0.05) is 25.8 Å². The first-order valence-corrected chi connectivity index (χ1v) is 8.28. The van der Waals surface area contributed by atoms with Gasteiger partial charge in [-0.05, 0) is 36.5 Å². The van der Waals surface area contributed by atoms with Crippen LogP contribution in [0.25, 0.3) is 0 Å². The second-order valence-corrected chi connectivity index (χ2v) is 6.94. The van der Waals surface area contributed by atoms with Gasteiger partial charge in [-0.25, -0.2) is 0 Å². The van der Waals surface area contributed by atoms with Gasteiger partial charge < -0.3 is 10.5 Å². The minimum atomic E-state index is 0.0694. The van der Waals surface area contributed by atoms with Gasteiger partial charge in [0.2, 0.25) is 0 Å². The highest BCUT2D eigenvalue weighted by Gasteiger charge is 2.19. The number of amidine groups is 1. The Morgan fingerprint density at radius 1 is 1.45 bits per heavy atom. The summed E-state index contributed by atoms with van der Waals surface area (Å²) >= 11 is 2.04. The highest BCUT2D eigenvalue weighted by Crippen LogP contribution is 2.34. The van der Waals surface area contributed by atoms with Gasteiger partial charge in [-0.15, -0.1) is 0 Å². The topological polar surface area (TPSA) is 59.1 Å². The summed E-state index contributed by atoms with van der Waals surface area (Å²) in [7, 11) is 1.61. The lowest BCUT2D eigenvalue weighted by Crippen LogP contribution is -2.15. The van der Waals surface area contributed by atoms with Crippen molar-refractivity contribution >= 4 is 17.6 Å². The molecule has 4 heteroatoms. The molecule has 1 aliphatic carbocycles. The standard InChI is InChI=1S/C16H24N2OS/c1-11-4-3-5-13(8-11)20-10-12-6-7-15(19-2)14(9-12)16(17)18/h6-7,9,11,13H,3-5,8,10H2,1-2H3,(H3,17,18). The SMILES string of the molecule is COc1ccc(CSC2CCCC(C)C2)cc1C(=N)N. The van der Waals surface area contributed by atoms with Crippen LogP contribution in [0.1, 0.15) is 43.7 Å². The number of hydrogen-bond donors (Lipinski definition) is 2. The van der Waals surface area contributed by atoms with Gasteiger partial charge in [0.25, 0.3) is 0 Å². The second kappa shape index (κ2) is 7.02. The van der Waals surface area contributed by atoms with Crippen LogP contribution in [0.2, 0.25) is 0 Å². The molecule has 1 aromatic carbocycles.